The van der Waals surface area contributed by atoms with E-state index < -0.39 is 0 Å². The summed E-state index contributed by atoms with van der Waals surface area (Å²) in [6.07, 6.45) is 0.798. The molecule has 0 aliphatic rings. The monoisotopic (exact) mass is 319 g/mol. The second-order valence-electron chi connectivity index (χ2n) is 4.56. The van der Waals surface area contributed by atoms with Crippen LogP contribution in [0.1, 0.15) is 22.8 Å². The molecule has 110 valence electrons. The molecule has 0 atom stereocenters. The van der Waals surface area contributed by atoms with Gasteiger partial charge in [-0.3, -0.25) is 4.79 Å². The molecular weight excluding hydrogens is 302 g/mol. The van der Waals surface area contributed by atoms with Crippen molar-refractivity contribution in [3.05, 3.63) is 64.7 Å². The Morgan fingerprint density at radius 3 is 2.57 bits per heavy atom. The molecule has 0 fully saturated rings. The minimum absolute atomic E-state index is 0.0134. The van der Waals surface area contributed by atoms with Gasteiger partial charge in [0.2, 0.25) is 0 Å². The SMILES string of the molecule is CCSc1ccccc1C(=O)NCCc1ccc(Cl)cc1. The Hall–Kier alpha value is -1.45. The molecule has 2 nitrogen and oxygen atoms in total. The maximum absolute atomic E-state index is 12.2. The molecule has 0 bridgehead atoms. The van der Waals surface area contributed by atoms with Gasteiger partial charge in [0, 0.05) is 16.5 Å². The summed E-state index contributed by atoms with van der Waals surface area (Å²) in [4.78, 5) is 13.3. The van der Waals surface area contributed by atoms with Crippen LogP contribution in [0, 0.1) is 0 Å². The predicted octanol–water partition coefficient (Wildman–Crippen LogP) is 4.42. The zero-order valence-electron chi connectivity index (χ0n) is 11.9. The van der Waals surface area contributed by atoms with Crippen LogP contribution in [-0.4, -0.2) is 18.2 Å². The van der Waals surface area contributed by atoms with E-state index in [1.807, 2.05) is 48.5 Å². The van der Waals surface area contributed by atoms with Crippen molar-refractivity contribution in [2.24, 2.45) is 0 Å². The van der Waals surface area contributed by atoms with Gasteiger partial charge in [-0.05, 0) is 42.0 Å². The minimum atomic E-state index is -0.0134. The Morgan fingerprint density at radius 1 is 1.14 bits per heavy atom. The summed E-state index contributed by atoms with van der Waals surface area (Å²) in [5.41, 5.74) is 1.91. The third-order valence-corrected chi connectivity index (χ3v) is 4.25. The van der Waals surface area contributed by atoms with Crippen LogP contribution in [0.4, 0.5) is 0 Å². The van der Waals surface area contributed by atoms with Crippen molar-refractivity contribution in [1.82, 2.24) is 5.32 Å². The first-order chi connectivity index (χ1) is 10.2. The van der Waals surface area contributed by atoms with Crippen LogP contribution in [0.2, 0.25) is 5.02 Å². The number of hydrogen-bond donors (Lipinski definition) is 1. The van der Waals surface area contributed by atoms with Gasteiger partial charge in [0.15, 0.2) is 0 Å². The van der Waals surface area contributed by atoms with Crippen molar-refractivity contribution in [2.45, 2.75) is 18.2 Å². The van der Waals surface area contributed by atoms with Gasteiger partial charge in [-0.25, -0.2) is 0 Å². The van der Waals surface area contributed by atoms with Crippen LogP contribution in [0.25, 0.3) is 0 Å². The summed E-state index contributed by atoms with van der Waals surface area (Å²) in [5, 5.41) is 3.71. The Kier molecular flexibility index (Phi) is 6.15. The lowest BCUT2D eigenvalue weighted by Gasteiger charge is -2.09. The standard InChI is InChI=1S/C17H18ClNOS/c1-2-21-16-6-4-3-5-15(16)17(20)19-12-11-13-7-9-14(18)10-8-13/h3-10H,2,11-12H2,1H3,(H,19,20). The summed E-state index contributed by atoms with van der Waals surface area (Å²) in [7, 11) is 0. The minimum Gasteiger partial charge on any atom is -0.352 e. The number of halogens is 1. The van der Waals surface area contributed by atoms with Crippen LogP contribution < -0.4 is 5.32 Å². The van der Waals surface area contributed by atoms with Crippen LogP contribution in [0.15, 0.2) is 53.4 Å². The number of hydrogen-bond acceptors (Lipinski definition) is 2. The molecule has 2 rings (SSSR count). The van der Waals surface area contributed by atoms with E-state index in [1.165, 1.54) is 0 Å². The Labute approximate surface area is 134 Å². The van der Waals surface area contributed by atoms with Crippen LogP contribution >= 0.6 is 23.4 Å². The molecule has 0 saturated carbocycles. The fourth-order valence-corrected chi connectivity index (χ4v) is 2.93. The fourth-order valence-electron chi connectivity index (χ4n) is 2.00. The van der Waals surface area contributed by atoms with Gasteiger partial charge in [0.1, 0.15) is 0 Å². The van der Waals surface area contributed by atoms with E-state index in [-0.39, 0.29) is 5.91 Å². The summed E-state index contributed by atoms with van der Waals surface area (Å²) in [6.45, 7) is 2.70. The quantitative estimate of drug-likeness (QED) is 0.798. The Morgan fingerprint density at radius 2 is 1.86 bits per heavy atom. The first-order valence-electron chi connectivity index (χ1n) is 6.95. The summed E-state index contributed by atoms with van der Waals surface area (Å²) >= 11 is 7.54. The molecule has 0 spiro atoms. The fraction of sp³-hybridized carbons (Fsp3) is 0.235. The number of carbonyl (C=O) groups excluding carboxylic acids is 1. The first-order valence-corrected chi connectivity index (χ1v) is 8.31. The molecule has 0 aliphatic carbocycles. The molecule has 0 aromatic heterocycles. The highest BCUT2D eigenvalue weighted by atomic mass is 35.5. The van der Waals surface area contributed by atoms with Gasteiger partial charge in [0.05, 0.1) is 5.56 Å². The van der Waals surface area contributed by atoms with Gasteiger partial charge in [-0.1, -0.05) is 42.8 Å². The second kappa shape index (κ2) is 8.11. The molecule has 4 heteroatoms. The van der Waals surface area contributed by atoms with Gasteiger partial charge in [-0.15, -0.1) is 11.8 Å². The molecule has 0 unspecified atom stereocenters. The van der Waals surface area contributed by atoms with E-state index in [9.17, 15) is 4.79 Å². The molecule has 2 aromatic rings. The molecule has 0 radical (unpaired) electrons. The zero-order valence-corrected chi connectivity index (χ0v) is 13.5. The average molecular weight is 320 g/mol. The molecule has 21 heavy (non-hydrogen) atoms. The second-order valence-corrected chi connectivity index (χ2v) is 6.30. The van der Waals surface area contributed by atoms with E-state index in [0.29, 0.717) is 6.54 Å². The van der Waals surface area contributed by atoms with Gasteiger partial charge >= 0.3 is 0 Å². The average Bonchev–Trinajstić information content (AvgIpc) is 2.50. The van der Waals surface area contributed by atoms with Crippen molar-refractivity contribution >= 4 is 29.3 Å². The number of amides is 1. The van der Waals surface area contributed by atoms with Gasteiger partial charge < -0.3 is 5.32 Å². The number of nitrogens with one attached hydrogen (secondary N) is 1. The maximum atomic E-state index is 12.2. The van der Waals surface area contributed by atoms with Crippen LogP contribution in [0.3, 0.4) is 0 Å². The molecule has 1 N–H and O–H groups in total. The van der Waals surface area contributed by atoms with E-state index in [4.69, 9.17) is 11.6 Å². The molecule has 0 heterocycles. The predicted molar refractivity (Wildman–Crippen MR) is 90.3 cm³/mol. The normalized spacial score (nSPS) is 10.4. The molecule has 0 aliphatic heterocycles. The van der Waals surface area contributed by atoms with Crippen molar-refractivity contribution < 1.29 is 4.79 Å². The van der Waals surface area contributed by atoms with E-state index in [1.54, 1.807) is 11.8 Å². The lowest BCUT2D eigenvalue weighted by Crippen LogP contribution is -2.26. The number of thioether (sulfide) groups is 1. The maximum Gasteiger partial charge on any atom is 0.252 e. The van der Waals surface area contributed by atoms with Crippen molar-refractivity contribution in [3.8, 4) is 0 Å². The first kappa shape index (κ1) is 15.9. The molecular formula is C17H18ClNOS. The number of rotatable bonds is 6. The zero-order chi connectivity index (χ0) is 15.1. The Bertz CT molecular complexity index is 598. The Balaban J connectivity index is 1.91. The topological polar surface area (TPSA) is 29.1 Å². The van der Waals surface area contributed by atoms with Crippen molar-refractivity contribution in [2.75, 3.05) is 12.3 Å². The molecule has 1 amide bonds. The highest BCUT2D eigenvalue weighted by Crippen LogP contribution is 2.22. The van der Waals surface area contributed by atoms with E-state index >= 15 is 0 Å². The lowest BCUT2D eigenvalue weighted by atomic mass is 10.1. The third-order valence-electron chi connectivity index (χ3n) is 3.04. The number of benzene rings is 2. The lowest BCUT2D eigenvalue weighted by molar-refractivity contribution is 0.0951. The van der Waals surface area contributed by atoms with Crippen LogP contribution in [0.5, 0.6) is 0 Å². The van der Waals surface area contributed by atoms with Crippen LogP contribution in [-0.2, 0) is 6.42 Å². The molecule has 2 aromatic carbocycles. The van der Waals surface area contributed by atoms with Crippen molar-refractivity contribution in [3.63, 3.8) is 0 Å². The van der Waals surface area contributed by atoms with E-state index in [2.05, 4.69) is 12.2 Å². The van der Waals surface area contributed by atoms with Gasteiger partial charge in [0.25, 0.3) is 5.91 Å². The van der Waals surface area contributed by atoms with Crippen molar-refractivity contribution in [1.29, 1.82) is 0 Å². The summed E-state index contributed by atoms with van der Waals surface area (Å²) < 4.78 is 0. The highest BCUT2D eigenvalue weighted by Gasteiger charge is 2.10. The molecule has 0 saturated heterocycles. The van der Waals surface area contributed by atoms with Gasteiger partial charge in [-0.2, -0.15) is 0 Å². The van der Waals surface area contributed by atoms with E-state index in [0.717, 1.165) is 33.2 Å². The largest absolute Gasteiger partial charge is 0.352 e. The highest BCUT2D eigenvalue weighted by molar-refractivity contribution is 7.99. The summed E-state index contributed by atoms with van der Waals surface area (Å²) in [5.74, 6) is 0.940. The smallest absolute Gasteiger partial charge is 0.252 e. The third kappa shape index (κ3) is 4.80. The summed E-state index contributed by atoms with van der Waals surface area (Å²) in [6, 6.07) is 15.4. The number of carbonyl (C=O) groups is 1.